The molecule has 0 aliphatic rings. The van der Waals surface area contributed by atoms with Gasteiger partial charge in [0.15, 0.2) is 0 Å². The Morgan fingerprint density at radius 2 is 2.10 bits per heavy atom. The van der Waals surface area contributed by atoms with Crippen molar-refractivity contribution >= 4 is 5.97 Å². The van der Waals surface area contributed by atoms with Gasteiger partial charge in [-0.1, -0.05) is 5.92 Å². The molecular formula is C16H16N2O3. The van der Waals surface area contributed by atoms with Crippen molar-refractivity contribution in [3.63, 3.8) is 0 Å². The monoisotopic (exact) mass is 284 g/mol. The van der Waals surface area contributed by atoms with E-state index in [4.69, 9.17) is 15.9 Å². The van der Waals surface area contributed by atoms with Crippen LogP contribution in [0.1, 0.15) is 17.4 Å². The van der Waals surface area contributed by atoms with Gasteiger partial charge in [-0.3, -0.25) is 0 Å². The molecule has 0 unspecified atom stereocenters. The molecular weight excluding hydrogens is 268 g/mol. The second-order valence-electron chi connectivity index (χ2n) is 4.23. The highest BCUT2D eigenvalue weighted by molar-refractivity contribution is 5.89. The van der Waals surface area contributed by atoms with E-state index in [2.05, 4.69) is 11.0 Å². The van der Waals surface area contributed by atoms with Gasteiger partial charge in [-0.05, 0) is 37.3 Å². The number of hydrogen-bond donors (Lipinski definition) is 0. The van der Waals surface area contributed by atoms with E-state index < -0.39 is 5.97 Å². The number of hydrogen-bond acceptors (Lipinski definition) is 4. The molecule has 0 fully saturated rings. The Morgan fingerprint density at radius 1 is 1.38 bits per heavy atom. The van der Waals surface area contributed by atoms with Gasteiger partial charge in [-0.2, -0.15) is 5.10 Å². The molecule has 108 valence electrons. The van der Waals surface area contributed by atoms with E-state index in [1.54, 1.807) is 20.1 Å². The van der Waals surface area contributed by atoms with Crippen LogP contribution in [0.15, 0.2) is 30.3 Å². The van der Waals surface area contributed by atoms with Crippen molar-refractivity contribution in [3.8, 4) is 29.4 Å². The summed E-state index contributed by atoms with van der Waals surface area (Å²) in [5, 5.41) is 4.36. The number of benzene rings is 1. The largest absolute Gasteiger partial charge is 0.497 e. The van der Waals surface area contributed by atoms with Crippen LogP contribution in [0.2, 0.25) is 0 Å². The van der Waals surface area contributed by atoms with Gasteiger partial charge in [-0.15, -0.1) is 6.42 Å². The Hall–Kier alpha value is -2.74. The zero-order valence-corrected chi connectivity index (χ0v) is 12.0. The van der Waals surface area contributed by atoms with E-state index in [1.807, 2.05) is 24.3 Å². The lowest BCUT2D eigenvalue weighted by molar-refractivity contribution is 0.0513. The van der Waals surface area contributed by atoms with E-state index in [9.17, 15) is 4.79 Å². The number of carbonyl (C=O) groups excluding carboxylic acids is 1. The molecule has 0 bridgehead atoms. The van der Waals surface area contributed by atoms with Gasteiger partial charge < -0.3 is 9.47 Å². The molecule has 0 atom stereocenters. The SMILES string of the molecule is C#CCn1nc(-c2ccc(OC)cc2)cc1C(=O)OCC. The highest BCUT2D eigenvalue weighted by Gasteiger charge is 2.16. The van der Waals surface area contributed by atoms with Crippen LogP contribution in [0.5, 0.6) is 5.75 Å². The topological polar surface area (TPSA) is 53.4 Å². The van der Waals surface area contributed by atoms with Crippen molar-refractivity contribution in [2.45, 2.75) is 13.5 Å². The minimum absolute atomic E-state index is 0.213. The van der Waals surface area contributed by atoms with Crippen LogP contribution in [0.3, 0.4) is 0 Å². The number of methoxy groups -OCH3 is 1. The maximum atomic E-state index is 11.9. The summed E-state index contributed by atoms with van der Waals surface area (Å²) >= 11 is 0. The van der Waals surface area contributed by atoms with Crippen LogP contribution in [0.4, 0.5) is 0 Å². The molecule has 1 heterocycles. The molecule has 0 aliphatic carbocycles. The number of carbonyl (C=O) groups is 1. The van der Waals surface area contributed by atoms with Crippen LogP contribution in [0.25, 0.3) is 11.3 Å². The molecule has 5 nitrogen and oxygen atoms in total. The highest BCUT2D eigenvalue weighted by Crippen LogP contribution is 2.22. The van der Waals surface area contributed by atoms with E-state index in [0.717, 1.165) is 11.3 Å². The summed E-state index contributed by atoms with van der Waals surface area (Å²) in [4.78, 5) is 11.9. The fourth-order valence-electron chi connectivity index (χ4n) is 1.90. The standard InChI is InChI=1S/C16H16N2O3/c1-4-10-18-15(16(19)21-5-2)11-14(17-18)12-6-8-13(20-3)9-7-12/h1,6-9,11H,5,10H2,2-3H3. The van der Waals surface area contributed by atoms with Gasteiger partial charge in [0.1, 0.15) is 18.0 Å². The van der Waals surface area contributed by atoms with Crippen molar-refractivity contribution in [3.05, 3.63) is 36.0 Å². The van der Waals surface area contributed by atoms with Crippen LogP contribution in [-0.4, -0.2) is 29.5 Å². The minimum Gasteiger partial charge on any atom is -0.497 e. The number of aromatic nitrogens is 2. The van der Waals surface area contributed by atoms with Gasteiger partial charge in [0.25, 0.3) is 0 Å². The second kappa shape index (κ2) is 6.62. The molecule has 0 saturated carbocycles. The molecule has 0 radical (unpaired) electrons. The summed E-state index contributed by atoms with van der Waals surface area (Å²) in [6, 6.07) is 9.09. The molecule has 5 heteroatoms. The van der Waals surface area contributed by atoms with E-state index in [1.165, 1.54) is 4.68 Å². The Labute approximate surface area is 123 Å². The van der Waals surface area contributed by atoms with Gasteiger partial charge in [-0.25, -0.2) is 9.48 Å². The van der Waals surface area contributed by atoms with Crippen molar-refractivity contribution in [1.29, 1.82) is 0 Å². The molecule has 0 aliphatic heterocycles. The summed E-state index contributed by atoms with van der Waals surface area (Å²) in [6.07, 6.45) is 5.31. The summed E-state index contributed by atoms with van der Waals surface area (Å²) in [7, 11) is 1.61. The zero-order valence-electron chi connectivity index (χ0n) is 12.0. The van der Waals surface area contributed by atoms with Gasteiger partial charge >= 0.3 is 5.97 Å². The summed E-state index contributed by atoms with van der Waals surface area (Å²) in [5.41, 5.74) is 1.88. The number of terminal acetylenes is 1. The molecule has 2 aromatic rings. The van der Waals surface area contributed by atoms with Crippen molar-refractivity contribution in [2.75, 3.05) is 13.7 Å². The van der Waals surface area contributed by atoms with Crippen LogP contribution in [0, 0.1) is 12.3 Å². The predicted octanol–water partition coefficient (Wildman–Crippen LogP) is 2.37. The molecule has 0 saturated heterocycles. The van der Waals surface area contributed by atoms with Crippen LogP contribution < -0.4 is 4.74 Å². The van der Waals surface area contributed by atoms with Crippen LogP contribution in [-0.2, 0) is 11.3 Å². The molecule has 0 amide bonds. The predicted molar refractivity (Wildman–Crippen MR) is 79.0 cm³/mol. The third kappa shape index (κ3) is 3.23. The fourth-order valence-corrected chi connectivity index (χ4v) is 1.90. The fraction of sp³-hybridized carbons (Fsp3) is 0.250. The van der Waals surface area contributed by atoms with Crippen LogP contribution >= 0.6 is 0 Å². The number of nitrogens with zero attached hydrogens (tertiary/aromatic N) is 2. The third-order valence-electron chi connectivity index (χ3n) is 2.89. The summed E-state index contributed by atoms with van der Waals surface area (Å²) in [5.74, 6) is 2.80. The lowest BCUT2D eigenvalue weighted by atomic mass is 10.1. The normalized spacial score (nSPS) is 9.95. The molecule has 0 spiro atoms. The third-order valence-corrected chi connectivity index (χ3v) is 2.89. The average Bonchev–Trinajstić information content (AvgIpc) is 2.92. The number of esters is 1. The lowest BCUT2D eigenvalue weighted by Crippen LogP contribution is -2.12. The summed E-state index contributed by atoms with van der Waals surface area (Å²) < 4.78 is 11.6. The average molecular weight is 284 g/mol. The van der Waals surface area contributed by atoms with Gasteiger partial charge in [0.05, 0.1) is 19.4 Å². The number of ether oxygens (including phenoxy) is 2. The first kappa shape index (κ1) is 14.7. The quantitative estimate of drug-likeness (QED) is 0.625. The first-order chi connectivity index (χ1) is 10.2. The Bertz CT molecular complexity index is 666. The molecule has 21 heavy (non-hydrogen) atoms. The Kier molecular flexibility index (Phi) is 4.62. The van der Waals surface area contributed by atoms with Crippen molar-refractivity contribution < 1.29 is 14.3 Å². The summed E-state index contributed by atoms with van der Waals surface area (Å²) in [6.45, 7) is 2.27. The zero-order chi connectivity index (χ0) is 15.2. The smallest absolute Gasteiger partial charge is 0.356 e. The molecule has 1 aromatic heterocycles. The molecule has 1 aromatic carbocycles. The first-order valence-corrected chi connectivity index (χ1v) is 6.52. The maximum Gasteiger partial charge on any atom is 0.356 e. The lowest BCUT2D eigenvalue weighted by Gasteiger charge is -2.02. The van der Waals surface area contributed by atoms with Gasteiger partial charge in [0.2, 0.25) is 0 Å². The van der Waals surface area contributed by atoms with Gasteiger partial charge in [0, 0.05) is 5.56 Å². The first-order valence-electron chi connectivity index (χ1n) is 6.52. The van der Waals surface area contributed by atoms with E-state index in [0.29, 0.717) is 18.0 Å². The van der Waals surface area contributed by atoms with Crippen molar-refractivity contribution in [1.82, 2.24) is 9.78 Å². The minimum atomic E-state index is -0.431. The Morgan fingerprint density at radius 3 is 2.67 bits per heavy atom. The Balaban J connectivity index is 2.38. The molecule has 0 N–H and O–H groups in total. The van der Waals surface area contributed by atoms with E-state index in [-0.39, 0.29) is 6.54 Å². The second-order valence-corrected chi connectivity index (χ2v) is 4.23. The molecule has 2 rings (SSSR count). The van der Waals surface area contributed by atoms with E-state index >= 15 is 0 Å². The maximum absolute atomic E-state index is 11.9. The highest BCUT2D eigenvalue weighted by atomic mass is 16.5. The number of rotatable bonds is 5. The van der Waals surface area contributed by atoms with Crippen molar-refractivity contribution in [2.24, 2.45) is 0 Å².